The first-order valence-corrected chi connectivity index (χ1v) is 6.54. The van der Waals surface area contributed by atoms with Gasteiger partial charge < -0.3 is 10.1 Å². The van der Waals surface area contributed by atoms with Gasteiger partial charge in [-0.05, 0) is 55.8 Å². The predicted molar refractivity (Wildman–Crippen MR) is 76.0 cm³/mol. The number of benzene rings is 2. The van der Waals surface area contributed by atoms with Gasteiger partial charge in [0.15, 0.2) is 11.6 Å². The van der Waals surface area contributed by atoms with E-state index in [2.05, 4.69) is 5.32 Å². The van der Waals surface area contributed by atoms with E-state index in [0.717, 1.165) is 17.5 Å². The number of rotatable bonds is 5. The van der Waals surface area contributed by atoms with Crippen molar-refractivity contribution in [2.24, 2.45) is 0 Å². The molecule has 1 atom stereocenters. The minimum absolute atomic E-state index is 0.122. The largest absolute Gasteiger partial charge is 0.494 e. The molecule has 0 radical (unpaired) electrons. The van der Waals surface area contributed by atoms with Crippen LogP contribution < -0.4 is 10.1 Å². The highest BCUT2D eigenvalue weighted by molar-refractivity contribution is 5.48. The molecule has 0 bridgehead atoms. The molecule has 0 saturated heterocycles. The number of nitrogens with one attached hydrogen (secondary N) is 1. The molecular formula is C16H17F2NO. The third kappa shape index (κ3) is 3.47. The predicted octanol–water partition coefficient (Wildman–Crippen LogP) is 4.54. The highest BCUT2D eigenvalue weighted by Crippen LogP contribution is 2.22. The second-order valence-electron chi connectivity index (χ2n) is 4.50. The lowest BCUT2D eigenvalue weighted by Gasteiger charge is -2.16. The molecule has 0 aliphatic carbocycles. The first-order chi connectivity index (χ1) is 9.60. The Morgan fingerprint density at radius 3 is 2.35 bits per heavy atom. The van der Waals surface area contributed by atoms with E-state index in [0.29, 0.717) is 12.2 Å². The van der Waals surface area contributed by atoms with Crippen LogP contribution in [0.3, 0.4) is 0 Å². The Bertz CT molecular complexity index is 569. The summed E-state index contributed by atoms with van der Waals surface area (Å²) in [7, 11) is 0. The Balaban J connectivity index is 2.06. The van der Waals surface area contributed by atoms with Gasteiger partial charge in [-0.1, -0.05) is 6.07 Å². The minimum atomic E-state index is -0.831. The van der Waals surface area contributed by atoms with Crippen LogP contribution in [0.1, 0.15) is 25.5 Å². The number of hydrogen-bond donors (Lipinski definition) is 1. The molecule has 0 aliphatic rings. The van der Waals surface area contributed by atoms with E-state index in [1.54, 1.807) is 6.07 Å². The van der Waals surface area contributed by atoms with E-state index in [-0.39, 0.29) is 6.04 Å². The molecule has 2 rings (SSSR count). The summed E-state index contributed by atoms with van der Waals surface area (Å²) in [6.45, 7) is 4.44. The first kappa shape index (κ1) is 14.3. The van der Waals surface area contributed by atoms with Gasteiger partial charge in [0.05, 0.1) is 6.61 Å². The van der Waals surface area contributed by atoms with Crippen LogP contribution >= 0.6 is 0 Å². The lowest BCUT2D eigenvalue weighted by molar-refractivity contribution is 0.340. The molecule has 0 fully saturated rings. The summed E-state index contributed by atoms with van der Waals surface area (Å²) in [4.78, 5) is 0. The fourth-order valence-electron chi connectivity index (χ4n) is 1.93. The Kier molecular flexibility index (Phi) is 4.56. The molecule has 0 aliphatic heterocycles. The van der Waals surface area contributed by atoms with Crippen LogP contribution in [0.2, 0.25) is 0 Å². The third-order valence-electron chi connectivity index (χ3n) is 2.99. The van der Waals surface area contributed by atoms with Crippen LogP contribution in [-0.4, -0.2) is 6.61 Å². The molecule has 1 unspecified atom stereocenters. The van der Waals surface area contributed by atoms with Crippen molar-refractivity contribution >= 4 is 5.69 Å². The van der Waals surface area contributed by atoms with Gasteiger partial charge in [-0.2, -0.15) is 0 Å². The highest BCUT2D eigenvalue weighted by Gasteiger charge is 2.09. The van der Waals surface area contributed by atoms with Gasteiger partial charge in [-0.15, -0.1) is 0 Å². The van der Waals surface area contributed by atoms with Crippen LogP contribution in [-0.2, 0) is 0 Å². The molecule has 2 nitrogen and oxygen atoms in total. The van der Waals surface area contributed by atoms with Gasteiger partial charge in [0.25, 0.3) is 0 Å². The average Bonchev–Trinajstić information content (AvgIpc) is 2.44. The maximum absolute atomic E-state index is 13.2. The molecular weight excluding hydrogens is 260 g/mol. The van der Waals surface area contributed by atoms with Crippen molar-refractivity contribution in [3.63, 3.8) is 0 Å². The van der Waals surface area contributed by atoms with Crippen LogP contribution in [0.15, 0.2) is 42.5 Å². The zero-order valence-electron chi connectivity index (χ0n) is 11.5. The second kappa shape index (κ2) is 6.37. The summed E-state index contributed by atoms with van der Waals surface area (Å²) in [5, 5.41) is 3.23. The maximum atomic E-state index is 13.2. The van der Waals surface area contributed by atoms with Gasteiger partial charge in [0, 0.05) is 11.7 Å². The van der Waals surface area contributed by atoms with E-state index in [1.807, 2.05) is 38.1 Å². The standard InChI is InChI=1S/C16H17F2NO/c1-3-20-14-7-5-13(6-8-14)19-11(2)12-4-9-15(17)16(18)10-12/h4-11,19H,3H2,1-2H3. The van der Waals surface area contributed by atoms with Crippen molar-refractivity contribution < 1.29 is 13.5 Å². The Morgan fingerprint density at radius 2 is 1.75 bits per heavy atom. The summed E-state index contributed by atoms with van der Waals surface area (Å²) in [5.74, 6) is -0.858. The number of anilines is 1. The molecule has 20 heavy (non-hydrogen) atoms. The minimum Gasteiger partial charge on any atom is -0.494 e. The molecule has 106 valence electrons. The SMILES string of the molecule is CCOc1ccc(NC(C)c2ccc(F)c(F)c2)cc1. The number of halogens is 2. The van der Waals surface area contributed by atoms with Gasteiger partial charge in [0.2, 0.25) is 0 Å². The molecule has 0 aromatic heterocycles. The van der Waals surface area contributed by atoms with Crippen molar-refractivity contribution in [2.75, 3.05) is 11.9 Å². The normalized spacial score (nSPS) is 12.0. The summed E-state index contributed by atoms with van der Waals surface area (Å²) in [5.41, 5.74) is 1.59. The topological polar surface area (TPSA) is 21.3 Å². The molecule has 4 heteroatoms. The van der Waals surface area contributed by atoms with E-state index in [1.165, 1.54) is 6.07 Å². The van der Waals surface area contributed by atoms with E-state index in [9.17, 15) is 8.78 Å². The smallest absolute Gasteiger partial charge is 0.159 e. The molecule has 0 spiro atoms. The van der Waals surface area contributed by atoms with Crippen LogP contribution in [0, 0.1) is 11.6 Å². The molecule has 0 amide bonds. The highest BCUT2D eigenvalue weighted by atomic mass is 19.2. The van der Waals surface area contributed by atoms with Crippen LogP contribution in [0.25, 0.3) is 0 Å². The quantitative estimate of drug-likeness (QED) is 0.866. The number of hydrogen-bond acceptors (Lipinski definition) is 2. The summed E-state index contributed by atoms with van der Waals surface area (Å²) >= 11 is 0. The van der Waals surface area contributed by atoms with E-state index >= 15 is 0 Å². The maximum Gasteiger partial charge on any atom is 0.159 e. The third-order valence-corrected chi connectivity index (χ3v) is 2.99. The van der Waals surface area contributed by atoms with Crippen molar-refractivity contribution in [1.82, 2.24) is 0 Å². The lowest BCUT2D eigenvalue weighted by Crippen LogP contribution is -2.07. The Morgan fingerprint density at radius 1 is 1.05 bits per heavy atom. The zero-order chi connectivity index (χ0) is 14.5. The van der Waals surface area contributed by atoms with E-state index in [4.69, 9.17) is 4.74 Å². The molecule has 2 aromatic carbocycles. The summed E-state index contributed by atoms with van der Waals surface area (Å²) < 4.78 is 31.5. The Labute approximate surface area is 117 Å². The van der Waals surface area contributed by atoms with Gasteiger partial charge in [-0.3, -0.25) is 0 Å². The van der Waals surface area contributed by atoms with Gasteiger partial charge in [-0.25, -0.2) is 8.78 Å². The van der Waals surface area contributed by atoms with Crippen molar-refractivity contribution in [1.29, 1.82) is 0 Å². The number of ether oxygens (including phenoxy) is 1. The van der Waals surface area contributed by atoms with Crippen molar-refractivity contribution in [3.05, 3.63) is 59.7 Å². The average molecular weight is 277 g/mol. The monoisotopic (exact) mass is 277 g/mol. The molecule has 1 N–H and O–H groups in total. The molecule has 2 aromatic rings. The van der Waals surface area contributed by atoms with Gasteiger partial charge >= 0.3 is 0 Å². The van der Waals surface area contributed by atoms with E-state index < -0.39 is 11.6 Å². The lowest BCUT2D eigenvalue weighted by atomic mass is 10.1. The molecule has 0 saturated carbocycles. The zero-order valence-corrected chi connectivity index (χ0v) is 11.5. The van der Waals surface area contributed by atoms with Crippen molar-refractivity contribution in [2.45, 2.75) is 19.9 Å². The van der Waals surface area contributed by atoms with Crippen LogP contribution in [0.5, 0.6) is 5.75 Å². The van der Waals surface area contributed by atoms with Gasteiger partial charge in [0.1, 0.15) is 5.75 Å². The fraction of sp³-hybridized carbons (Fsp3) is 0.250. The first-order valence-electron chi connectivity index (χ1n) is 6.54. The molecule has 0 heterocycles. The summed E-state index contributed by atoms with van der Waals surface area (Å²) in [6, 6.07) is 11.3. The van der Waals surface area contributed by atoms with Crippen LogP contribution in [0.4, 0.5) is 14.5 Å². The summed E-state index contributed by atoms with van der Waals surface area (Å²) in [6.07, 6.45) is 0. The fourth-order valence-corrected chi connectivity index (χ4v) is 1.93. The van der Waals surface area contributed by atoms with Crippen molar-refractivity contribution in [3.8, 4) is 5.75 Å². The Hall–Kier alpha value is -2.10. The second-order valence-corrected chi connectivity index (χ2v) is 4.50.